The molecule has 0 spiro atoms. The van der Waals surface area contributed by atoms with Gasteiger partial charge in [-0.1, -0.05) is 17.7 Å². The van der Waals surface area contributed by atoms with Gasteiger partial charge < -0.3 is 21.9 Å². The van der Waals surface area contributed by atoms with E-state index in [0.717, 1.165) is 40.1 Å². The second-order valence-electron chi connectivity index (χ2n) is 7.85. The van der Waals surface area contributed by atoms with Crippen LogP contribution in [0.1, 0.15) is 22.3 Å². The standard InChI is InChI=1S/C24H27N3O3.ClH/c1-14-9-15(2)23(16(3)10-14)25-22-13-19-18-12-21(30-6)20(29-5)11-17(18)7-8-27(19)24(28)26(22)4;/h9-13H,7-8H2,1-6H3;1H/p-1. The van der Waals surface area contributed by atoms with Gasteiger partial charge in [-0.05, 0) is 56.0 Å². The predicted molar refractivity (Wildman–Crippen MR) is 118 cm³/mol. The molecule has 0 N–H and O–H groups in total. The Labute approximate surface area is 188 Å². The molecule has 1 aromatic heterocycles. The minimum absolute atomic E-state index is 0. The van der Waals surface area contributed by atoms with E-state index in [1.165, 1.54) is 5.56 Å². The Morgan fingerprint density at radius 1 is 0.935 bits per heavy atom. The van der Waals surface area contributed by atoms with Gasteiger partial charge in [0.15, 0.2) is 11.5 Å². The summed E-state index contributed by atoms with van der Waals surface area (Å²) in [6.07, 6.45) is 0.759. The monoisotopic (exact) mass is 440 g/mol. The highest BCUT2D eigenvalue weighted by molar-refractivity contribution is 5.70. The van der Waals surface area contributed by atoms with Crippen LogP contribution in [-0.2, 0) is 20.0 Å². The third-order valence-corrected chi connectivity index (χ3v) is 5.77. The van der Waals surface area contributed by atoms with E-state index < -0.39 is 0 Å². The number of aromatic nitrogens is 2. The van der Waals surface area contributed by atoms with Crippen molar-refractivity contribution < 1.29 is 21.9 Å². The topological polar surface area (TPSA) is 57.8 Å². The van der Waals surface area contributed by atoms with Gasteiger partial charge >= 0.3 is 5.69 Å². The fraction of sp³-hybridized carbons (Fsp3) is 0.333. The summed E-state index contributed by atoms with van der Waals surface area (Å²) in [5.74, 6) is 1.35. The minimum atomic E-state index is -0.0749. The van der Waals surface area contributed by atoms with Crippen LogP contribution >= 0.6 is 0 Å². The molecule has 164 valence electrons. The number of halogens is 1. The maximum atomic E-state index is 13.1. The Kier molecular flexibility index (Phi) is 6.32. The summed E-state index contributed by atoms with van der Waals surface area (Å²) in [5, 5.41) is 0. The van der Waals surface area contributed by atoms with Crippen molar-refractivity contribution in [1.82, 2.24) is 9.13 Å². The van der Waals surface area contributed by atoms with Gasteiger partial charge in [-0.3, -0.25) is 9.13 Å². The van der Waals surface area contributed by atoms with Gasteiger partial charge in [-0.15, -0.1) is 0 Å². The highest BCUT2D eigenvalue weighted by atomic mass is 35.5. The Morgan fingerprint density at radius 3 is 2.16 bits per heavy atom. The molecular formula is C24H27ClN3O3-. The highest BCUT2D eigenvalue weighted by Crippen LogP contribution is 2.37. The van der Waals surface area contributed by atoms with Crippen LogP contribution in [0.3, 0.4) is 0 Å². The summed E-state index contributed by atoms with van der Waals surface area (Å²) >= 11 is 0. The molecular weight excluding hydrogens is 414 g/mol. The predicted octanol–water partition coefficient (Wildman–Crippen LogP) is 0.589. The molecule has 0 saturated carbocycles. The number of methoxy groups -OCH3 is 2. The summed E-state index contributed by atoms with van der Waals surface area (Å²) in [6.45, 7) is 6.80. The number of hydrogen-bond donors (Lipinski definition) is 0. The maximum absolute atomic E-state index is 13.1. The molecule has 7 heteroatoms. The molecule has 1 aliphatic heterocycles. The molecule has 2 aromatic carbocycles. The number of aryl methyl sites for hydroxylation is 4. The Morgan fingerprint density at radius 2 is 1.55 bits per heavy atom. The van der Waals surface area contributed by atoms with E-state index in [-0.39, 0.29) is 18.1 Å². The second-order valence-corrected chi connectivity index (χ2v) is 7.85. The lowest BCUT2D eigenvalue weighted by molar-refractivity contribution is -0.00000698. The molecule has 3 aromatic rings. The second kappa shape index (κ2) is 8.63. The highest BCUT2D eigenvalue weighted by Gasteiger charge is 2.21. The molecule has 6 nitrogen and oxygen atoms in total. The summed E-state index contributed by atoms with van der Waals surface area (Å²) in [4.78, 5) is 18.0. The zero-order valence-electron chi connectivity index (χ0n) is 18.7. The molecule has 0 atom stereocenters. The molecule has 0 fully saturated rings. The van der Waals surface area contributed by atoms with E-state index in [1.54, 1.807) is 25.8 Å². The largest absolute Gasteiger partial charge is 1.00 e. The fourth-order valence-corrected chi connectivity index (χ4v) is 4.29. The first kappa shape index (κ1) is 22.7. The SMILES string of the molecule is COc1cc2c(cc1OC)-c1cc(=Nc3c(C)cc(C)cc3C)n(C)c(=O)n1CC2.[Cl-]. The Hall–Kier alpha value is -2.99. The molecule has 4 rings (SSSR count). The van der Waals surface area contributed by atoms with Crippen LogP contribution < -0.4 is 33.1 Å². The fourth-order valence-electron chi connectivity index (χ4n) is 4.29. The molecule has 2 heterocycles. The summed E-state index contributed by atoms with van der Waals surface area (Å²) in [7, 11) is 5.03. The van der Waals surface area contributed by atoms with Crippen molar-refractivity contribution in [3.05, 3.63) is 68.6 Å². The van der Waals surface area contributed by atoms with Gasteiger partial charge in [-0.2, -0.15) is 0 Å². The van der Waals surface area contributed by atoms with Crippen molar-refractivity contribution in [2.24, 2.45) is 12.0 Å². The van der Waals surface area contributed by atoms with Crippen LogP contribution in [0.15, 0.2) is 40.1 Å². The van der Waals surface area contributed by atoms with Gasteiger partial charge in [0.2, 0.25) is 0 Å². The van der Waals surface area contributed by atoms with Crippen molar-refractivity contribution >= 4 is 5.69 Å². The lowest BCUT2D eigenvalue weighted by atomic mass is 9.97. The minimum Gasteiger partial charge on any atom is -1.00 e. The Balaban J connectivity index is 0.00000272. The summed E-state index contributed by atoms with van der Waals surface area (Å²) in [5.41, 5.74) is 7.81. The molecule has 0 aliphatic carbocycles. The first-order valence-corrected chi connectivity index (χ1v) is 10.0. The Bertz CT molecular complexity index is 1270. The van der Waals surface area contributed by atoms with Crippen LogP contribution in [0.2, 0.25) is 0 Å². The average molecular weight is 441 g/mol. The zero-order chi connectivity index (χ0) is 21.6. The normalized spacial score (nSPS) is 12.6. The van der Waals surface area contributed by atoms with Crippen molar-refractivity contribution in [1.29, 1.82) is 0 Å². The summed E-state index contributed by atoms with van der Waals surface area (Å²) < 4.78 is 14.4. The van der Waals surface area contributed by atoms with Crippen LogP contribution in [0.25, 0.3) is 11.3 Å². The van der Waals surface area contributed by atoms with E-state index >= 15 is 0 Å². The molecule has 0 amide bonds. The van der Waals surface area contributed by atoms with Crippen molar-refractivity contribution in [2.75, 3.05) is 14.2 Å². The van der Waals surface area contributed by atoms with Gasteiger partial charge in [0.25, 0.3) is 0 Å². The number of rotatable bonds is 3. The molecule has 1 aliphatic rings. The van der Waals surface area contributed by atoms with Gasteiger partial charge in [0.1, 0.15) is 5.49 Å². The summed E-state index contributed by atoms with van der Waals surface area (Å²) in [6, 6.07) is 10.2. The molecule has 0 bridgehead atoms. The third kappa shape index (κ3) is 3.88. The van der Waals surface area contributed by atoms with Crippen molar-refractivity contribution in [2.45, 2.75) is 33.7 Å². The number of ether oxygens (including phenoxy) is 2. The molecule has 0 unspecified atom stereocenters. The molecule has 31 heavy (non-hydrogen) atoms. The number of benzene rings is 2. The van der Waals surface area contributed by atoms with Crippen molar-refractivity contribution in [3.63, 3.8) is 0 Å². The van der Waals surface area contributed by atoms with E-state index in [4.69, 9.17) is 14.5 Å². The lowest BCUT2D eigenvalue weighted by Crippen LogP contribution is -3.00. The number of hydrogen-bond acceptors (Lipinski definition) is 4. The van der Waals surface area contributed by atoms with Gasteiger partial charge in [-0.25, -0.2) is 9.79 Å². The number of fused-ring (bicyclic) bond motifs is 3. The molecule has 0 radical (unpaired) electrons. The number of nitrogens with zero attached hydrogens (tertiary/aromatic N) is 3. The lowest BCUT2D eigenvalue weighted by Gasteiger charge is -2.24. The van der Waals surface area contributed by atoms with Crippen LogP contribution in [-0.4, -0.2) is 23.4 Å². The third-order valence-electron chi connectivity index (χ3n) is 5.77. The van der Waals surface area contributed by atoms with Crippen LogP contribution in [0.4, 0.5) is 5.69 Å². The van der Waals surface area contributed by atoms with E-state index in [1.807, 2.05) is 22.8 Å². The van der Waals surface area contributed by atoms with Crippen LogP contribution in [0.5, 0.6) is 11.5 Å². The zero-order valence-corrected chi connectivity index (χ0v) is 19.5. The van der Waals surface area contributed by atoms with E-state index in [2.05, 4.69) is 32.9 Å². The van der Waals surface area contributed by atoms with Gasteiger partial charge in [0.05, 0.1) is 25.6 Å². The van der Waals surface area contributed by atoms with E-state index in [0.29, 0.717) is 23.5 Å². The first-order chi connectivity index (χ1) is 14.3. The van der Waals surface area contributed by atoms with Crippen LogP contribution in [0, 0.1) is 20.8 Å². The smallest absolute Gasteiger partial charge is 0.329 e. The first-order valence-electron chi connectivity index (χ1n) is 10.0. The maximum Gasteiger partial charge on any atom is 0.329 e. The molecule has 0 saturated heterocycles. The van der Waals surface area contributed by atoms with Crippen molar-refractivity contribution in [3.8, 4) is 22.8 Å². The average Bonchev–Trinajstić information content (AvgIpc) is 2.72. The van der Waals surface area contributed by atoms with E-state index in [9.17, 15) is 4.79 Å². The quantitative estimate of drug-likeness (QED) is 0.599. The van der Waals surface area contributed by atoms with Gasteiger partial charge in [0, 0.05) is 25.2 Å².